The van der Waals surface area contributed by atoms with Crippen molar-refractivity contribution in [2.45, 2.75) is 27.0 Å². The normalized spacial score (nSPS) is 10.9. The van der Waals surface area contributed by atoms with Crippen molar-refractivity contribution in [3.63, 3.8) is 0 Å². The predicted molar refractivity (Wildman–Crippen MR) is 86.6 cm³/mol. The first kappa shape index (κ1) is 15.8. The molecule has 0 aliphatic rings. The molecule has 0 aliphatic heterocycles. The molecule has 1 aromatic carbocycles. The van der Waals surface area contributed by atoms with Crippen LogP contribution in [-0.4, -0.2) is 11.5 Å². The minimum Gasteiger partial charge on any atom is -0.487 e. The van der Waals surface area contributed by atoms with Crippen LogP contribution in [0.1, 0.15) is 25.0 Å². The van der Waals surface area contributed by atoms with Gasteiger partial charge in [0, 0.05) is 24.5 Å². The lowest BCUT2D eigenvalue weighted by Crippen LogP contribution is -2.19. The van der Waals surface area contributed by atoms with E-state index in [4.69, 9.17) is 16.3 Å². The second kappa shape index (κ2) is 8.01. The molecule has 21 heavy (non-hydrogen) atoms. The first-order valence-electron chi connectivity index (χ1n) is 7.16. The number of rotatable bonds is 7. The molecule has 112 valence electrons. The monoisotopic (exact) mass is 304 g/mol. The van der Waals surface area contributed by atoms with E-state index in [1.54, 1.807) is 12.4 Å². The van der Waals surface area contributed by atoms with E-state index in [2.05, 4.69) is 24.1 Å². The number of hydrogen-bond donors (Lipinski definition) is 1. The van der Waals surface area contributed by atoms with Crippen LogP contribution < -0.4 is 10.1 Å². The molecule has 0 spiro atoms. The van der Waals surface area contributed by atoms with Crippen LogP contribution in [0.4, 0.5) is 0 Å². The maximum atomic E-state index is 6.27. The lowest BCUT2D eigenvalue weighted by Gasteiger charge is -2.14. The number of nitrogens with zero attached hydrogens (tertiary/aromatic N) is 1. The summed E-state index contributed by atoms with van der Waals surface area (Å²) in [6.07, 6.45) is 3.52. The number of pyridine rings is 1. The van der Waals surface area contributed by atoms with Crippen molar-refractivity contribution in [2.75, 3.05) is 6.54 Å². The van der Waals surface area contributed by atoms with E-state index >= 15 is 0 Å². The molecule has 1 aromatic heterocycles. The minimum absolute atomic E-state index is 0.490. The summed E-state index contributed by atoms with van der Waals surface area (Å²) in [5.74, 6) is 1.37. The molecule has 0 atom stereocenters. The van der Waals surface area contributed by atoms with Gasteiger partial charge in [0.25, 0.3) is 0 Å². The number of benzene rings is 1. The zero-order chi connectivity index (χ0) is 15.1. The number of nitrogens with one attached hydrogen (secondary N) is 1. The second-order valence-corrected chi connectivity index (χ2v) is 5.80. The highest BCUT2D eigenvalue weighted by molar-refractivity contribution is 6.32. The Labute approximate surface area is 131 Å². The van der Waals surface area contributed by atoms with Crippen molar-refractivity contribution in [1.29, 1.82) is 0 Å². The summed E-state index contributed by atoms with van der Waals surface area (Å²) in [4.78, 5) is 4.00. The van der Waals surface area contributed by atoms with Gasteiger partial charge in [-0.15, -0.1) is 0 Å². The van der Waals surface area contributed by atoms with Gasteiger partial charge in [-0.25, -0.2) is 0 Å². The van der Waals surface area contributed by atoms with Crippen molar-refractivity contribution in [3.05, 3.63) is 58.9 Å². The van der Waals surface area contributed by atoms with E-state index < -0.39 is 0 Å². The third kappa shape index (κ3) is 5.03. The molecule has 0 fully saturated rings. The Hall–Kier alpha value is -1.58. The predicted octanol–water partition coefficient (Wildman–Crippen LogP) is 4.06. The Morgan fingerprint density at radius 3 is 2.67 bits per heavy atom. The molecule has 3 nitrogen and oxygen atoms in total. The van der Waals surface area contributed by atoms with Crippen molar-refractivity contribution in [3.8, 4) is 5.75 Å². The molecular weight excluding hydrogens is 284 g/mol. The quantitative estimate of drug-likeness (QED) is 0.837. The van der Waals surface area contributed by atoms with Crippen LogP contribution in [0.15, 0.2) is 42.7 Å². The lowest BCUT2D eigenvalue weighted by molar-refractivity contribution is 0.302. The standard InChI is InChI=1S/C17H21ClN2O/c1-13(2)10-20-11-15-4-3-5-16(18)17(15)21-12-14-6-8-19-9-7-14/h3-9,13,20H,10-12H2,1-2H3. The Balaban J connectivity index is 2.03. The van der Waals surface area contributed by atoms with Gasteiger partial charge in [-0.1, -0.05) is 37.6 Å². The highest BCUT2D eigenvalue weighted by Crippen LogP contribution is 2.29. The largest absolute Gasteiger partial charge is 0.487 e. The molecule has 0 unspecified atom stereocenters. The number of hydrogen-bond acceptors (Lipinski definition) is 3. The van der Waals surface area contributed by atoms with E-state index in [1.165, 1.54) is 0 Å². The molecule has 1 N–H and O–H groups in total. The zero-order valence-corrected chi connectivity index (χ0v) is 13.2. The summed E-state index contributed by atoms with van der Waals surface area (Å²) in [5, 5.41) is 4.06. The first-order valence-corrected chi connectivity index (χ1v) is 7.54. The third-order valence-corrected chi connectivity index (χ3v) is 3.35. The fourth-order valence-electron chi connectivity index (χ4n) is 1.98. The molecule has 4 heteroatoms. The molecule has 0 radical (unpaired) electrons. The van der Waals surface area contributed by atoms with Crippen LogP contribution >= 0.6 is 11.6 Å². The van der Waals surface area contributed by atoms with Gasteiger partial charge in [0.2, 0.25) is 0 Å². The summed E-state index contributed by atoms with van der Waals surface area (Å²) >= 11 is 6.27. The van der Waals surface area contributed by atoms with E-state index in [-0.39, 0.29) is 0 Å². The summed E-state index contributed by atoms with van der Waals surface area (Å²) in [5.41, 5.74) is 2.16. The topological polar surface area (TPSA) is 34.1 Å². The lowest BCUT2D eigenvalue weighted by atomic mass is 10.1. The highest BCUT2D eigenvalue weighted by atomic mass is 35.5. The highest BCUT2D eigenvalue weighted by Gasteiger charge is 2.09. The number of aromatic nitrogens is 1. The van der Waals surface area contributed by atoms with Crippen LogP contribution in [-0.2, 0) is 13.2 Å². The Kier molecular flexibility index (Phi) is 6.03. The van der Waals surface area contributed by atoms with Gasteiger partial charge < -0.3 is 10.1 Å². The van der Waals surface area contributed by atoms with Crippen LogP contribution in [0.5, 0.6) is 5.75 Å². The van der Waals surface area contributed by atoms with E-state index in [0.29, 0.717) is 17.5 Å². The summed E-state index contributed by atoms with van der Waals surface area (Å²) in [6, 6.07) is 9.73. The Morgan fingerprint density at radius 2 is 1.95 bits per heavy atom. The van der Waals surface area contributed by atoms with Gasteiger partial charge >= 0.3 is 0 Å². The van der Waals surface area contributed by atoms with Crippen molar-refractivity contribution < 1.29 is 4.74 Å². The van der Waals surface area contributed by atoms with E-state index in [0.717, 1.165) is 30.0 Å². The van der Waals surface area contributed by atoms with Crippen LogP contribution in [0, 0.1) is 5.92 Å². The first-order chi connectivity index (χ1) is 10.2. The number of ether oxygens (including phenoxy) is 1. The smallest absolute Gasteiger partial charge is 0.142 e. The van der Waals surface area contributed by atoms with Crippen molar-refractivity contribution in [1.82, 2.24) is 10.3 Å². The van der Waals surface area contributed by atoms with Crippen molar-refractivity contribution >= 4 is 11.6 Å². The number of halogens is 1. The van der Waals surface area contributed by atoms with Crippen molar-refractivity contribution in [2.24, 2.45) is 5.92 Å². The molecule has 0 saturated heterocycles. The summed E-state index contributed by atoms with van der Waals surface area (Å²) in [6.45, 7) is 6.59. The minimum atomic E-state index is 0.490. The molecule has 0 saturated carbocycles. The molecule has 0 amide bonds. The SMILES string of the molecule is CC(C)CNCc1cccc(Cl)c1OCc1ccncc1. The van der Waals surface area contributed by atoms with Gasteiger partial charge in [0.05, 0.1) is 5.02 Å². The van der Waals surface area contributed by atoms with Crippen LogP contribution in [0.2, 0.25) is 5.02 Å². The number of para-hydroxylation sites is 1. The summed E-state index contributed by atoms with van der Waals surface area (Å²) in [7, 11) is 0. The fourth-order valence-corrected chi connectivity index (χ4v) is 2.23. The van der Waals surface area contributed by atoms with Gasteiger partial charge in [0.1, 0.15) is 12.4 Å². The third-order valence-electron chi connectivity index (χ3n) is 3.05. The van der Waals surface area contributed by atoms with Crippen LogP contribution in [0.3, 0.4) is 0 Å². The zero-order valence-electron chi connectivity index (χ0n) is 12.5. The average molecular weight is 305 g/mol. The molecule has 1 heterocycles. The van der Waals surface area contributed by atoms with Gasteiger partial charge in [-0.2, -0.15) is 0 Å². The van der Waals surface area contributed by atoms with Crippen LogP contribution in [0.25, 0.3) is 0 Å². The summed E-state index contributed by atoms with van der Waals surface area (Å²) < 4.78 is 5.91. The fraction of sp³-hybridized carbons (Fsp3) is 0.353. The van der Waals surface area contributed by atoms with Gasteiger partial charge in [-0.3, -0.25) is 4.98 Å². The Morgan fingerprint density at radius 1 is 1.19 bits per heavy atom. The average Bonchev–Trinajstić information content (AvgIpc) is 2.47. The van der Waals surface area contributed by atoms with Gasteiger partial charge in [0.15, 0.2) is 0 Å². The van der Waals surface area contributed by atoms with Gasteiger partial charge in [-0.05, 0) is 36.2 Å². The molecule has 0 bridgehead atoms. The molecule has 2 aromatic rings. The maximum absolute atomic E-state index is 6.27. The maximum Gasteiger partial charge on any atom is 0.142 e. The molecule has 2 rings (SSSR count). The molecular formula is C17H21ClN2O. The second-order valence-electron chi connectivity index (χ2n) is 5.40. The Bertz CT molecular complexity index is 558. The molecule has 0 aliphatic carbocycles. The van der Waals surface area contributed by atoms with E-state index in [1.807, 2.05) is 30.3 Å². The van der Waals surface area contributed by atoms with E-state index in [9.17, 15) is 0 Å².